The lowest BCUT2D eigenvalue weighted by molar-refractivity contribution is -0.127. The zero-order chi connectivity index (χ0) is 13.1. The summed E-state index contributed by atoms with van der Waals surface area (Å²) in [7, 11) is 4.12. The van der Waals surface area contributed by atoms with Gasteiger partial charge in [0.25, 0.3) is 0 Å². The number of hydrogen-bond acceptors (Lipinski definition) is 3. The summed E-state index contributed by atoms with van der Waals surface area (Å²) >= 11 is 0. The normalized spacial score (nSPS) is 19.1. The maximum atomic E-state index is 11.9. The molecule has 0 aliphatic heterocycles. The van der Waals surface area contributed by atoms with E-state index in [2.05, 4.69) is 24.3 Å². The molecule has 4 nitrogen and oxygen atoms in total. The van der Waals surface area contributed by atoms with Crippen LogP contribution in [0.4, 0.5) is 0 Å². The fourth-order valence-corrected chi connectivity index (χ4v) is 2.33. The first-order valence-corrected chi connectivity index (χ1v) is 6.21. The van der Waals surface area contributed by atoms with E-state index in [-0.39, 0.29) is 11.4 Å². The van der Waals surface area contributed by atoms with Gasteiger partial charge in [0.1, 0.15) is 5.41 Å². The molecule has 0 saturated heterocycles. The predicted octanol–water partition coefficient (Wildman–Crippen LogP) is 1.53. The minimum atomic E-state index is -0.938. The van der Waals surface area contributed by atoms with Gasteiger partial charge in [-0.3, -0.25) is 4.79 Å². The van der Waals surface area contributed by atoms with Crippen molar-refractivity contribution in [2.24, 2.45) is 5.41 Å². The maximum absolute atomic E-state index is 11.9. The van der Waals surface area contributed by atoms with Crippen LogP contribution in [0.5, 0.6) is 0 Å². The van der Waals surface area contributed by atoms with Crippen LogP contribution in [-0.2, 0) is 4.79 Å². The van der Waals surface area contributed by atoms with E-state index in [0.29, 0.717) is 6.54 Å². The van der Waals surface area contributed by atoms with E-state index in [9.17, 15) is 4.79 Å². The van der Waals surface area contributed by atoms with Crippen LogP contribution < -0.4 is 5.32 Å². The summed E-state index contributed by atoms with van der Waals surface area (Å²) in [5.74, 6) is -0.173. The molecule has 1 aliphatic carbocycles. The molecule has 0 unspecified atom stereocenters. The zero-order valence-corrected chi connectivity index (χ0v) is 11.3. The summed E-state index contributed by atoms with van der Waals surface area (Å²) in [6.07, 6.45) is 4.67. The van der Waals surface area contributed by atoms with Gasteiger partial charge in [-0.25, -0.2) is 0 Å². The van der Waals surface area contributed by atoms with E-state index in [1.165, 1.54) is 12.8 Å². The first kappa shape index (κ1) is 14.0. The van der Waals surface area contributed by atoms with Crippen molar-refractivity contribution >= 4 is 5.91 Å². The Labute approximate surface area is 104 Å². The molecule has 0 aromatic heterocycles. The van der Waals surface area contributed by atoms with Gasteiger partial charge in [0.05, 0.1) is 6.07 Å². The summed E-state index contributed by atoms with van der Waals surface area (Å²) in [6.45, 7) is 3.95. The third-order valence-corrected chi connectivity index (χ3v) is 3.91. The Bertz CT molecular complexity index is 322. The molecule has 0 bridgehead atoms. The van der Waals surface area contributed by atoms with Gasteiger partial charge in [0, 0.05) is 12.1 Å². The Hall–Kier alpha value is -1.08. The van der Waals surface area contributed by atoms with Gasteiger partial charge in [-0.15, -0.1) is 0 Å². The van der Waals surface area contributed by atoms with Gasteiger partial charge in [-0.05, 0) is 40.8 Å². The minimum Gasteiger partial charge on any atom is -0.353 e. The monoisotopic (exact) mass is 237 g/mol. The van der Waals surface area contributed by atoms with E-state index in [0.717, 1.165) is 12.8 Å². The fraction of sp³-hybridized carbons (Fsp3) is 0.846. The van der Waals surface area contributed by atoms with Gasteiger partial charge in [-0.1, -0.05) is 12.8 Å². The van der Waals surface area contributed by atoms with Crippen LogP contribution in [0, 0.1) is 16.7 Å². The van der Waals surface area contributed by atoms with Gasteiger partial charge in [0.2, 0.25) is 5.91 Å². The van der Waals surface area contributed by atoms with Crippen LogP contribution in [0.2, 0.25) is 0 Å². The lowest BCUT2D eigenvalue weighted by atomic mass is 9.92. The van der Waals surface area contributed by atoms with Crippen molar-refractivity contribution in [1.29, 1.82) is 5.26 Å². The SMILES string of the molecule is CN(C)C1(CNC(=O)C(C)(C)C#N)CCCC1. The Morgan fingerprint density at radius 2 is 1.94 bits per heavy atom. The Morgan fingerprint density at radius 3 is 2.35 bits per heavy atom. The Balaban J connectivity index is 2.61. The van der Waals surface area contributed by atoms with Crippen LogP contribution >= 0.6 is 0 Å². The van der Waals surface area contributed by atoms with Gasteiger partial charge >= 0.3 is 0 Å². The minimum absolute atomic E-state index is 0.0845. The molecule has 1 amide bonds. The summed E-state index contributed by atoms with van der Waals surface area (Å²) in [5, 5.41) is 11.8. The van der Waals surface area contributed by atoms with E-state index in [1.54, 1.807) is 13.8 Å². The third-order valence-electron chi connectivity index (χ3n) is 3.91. The largest absolute Gasteiger partial charge is 0.353 e. The number of nitrogens with one attached hydrogen (secondary N) is 1. The number of amides is 1. The highest BCUT2D eigenvalue weighted by atomic mass is 16.2. The first-order chi connectivity index (χ1) is 7.84. The second kappa shape index (κ2) is 5.05. The molecule has 0 atom stereocenters. The molecule has 0 spiro atoms. The van der Waals surface area contributed by atoms with Gasteiger partial charge in [-0.2, -0.15) is 5.26 Å². The molecule has 1 N–H and O–H groups in total. The molecule has 0 heterocycles. The number of carbonyl (C=O) groups is 1. The highest BCUT2D eigenvalue weighted by molar-refractivity contribution is 5.84. The summed E-state index contributed by atoms with van der Waals surface area (Å²) in [6, 6.07) is 2.03. The average molecular weight is 237 g/mol. The number of rotatable bonds is 4. The molecule has 0 aromatic carbocycles. The van der Waals surface area contributed by atoms with E-state index in [4.69, 9.17) is 5.26 Å². The lowest BCUT2D eigenvalue weighted by Gasteiger charge is -2.37. The summed E-state index contributed by atoms with van der Waals surface area (Å²) in [5.41, 5.74) is -0.854. The van der Waals surface area contributed by atoms with Crippen molar-refractivity contribution in [3.63, 3.8) is 0 Å². The van der Waals surface area contributed by atoms with Crippen molar-refractivity contribution in [3.8, 4) is 6.07 Å². The van der Waals surface area contributed by atoms with E-state index in [1.807, 2.05) is 6.07 Å². The molecular weight excluding hydrogens is 214 g/mol. The number of hydrogen-bond donors (Lipinski definition) is 1. The molecule has 1 saturated carbocycles. The van der Waals surface area contributed by atoms with Crippen LogP contribution in [0.3, 0.4) is 0 Å². The lowest BCUT2D eigenvalue weighted by Crippen LogP contribution is -2.52. The van der Waals surface area contributed by atoms with Crippen LogP contribution in [-0.4, -0.2) is 37.0 Å². The molecule has 4 heteroatoms. The molecule has 0 aromatic rings. The van der Waals surface area contributed by atoms with E-state index < -0.39 is 5.41 Å². The highest BCUT2D eigenvalue weighted by Crippen LogP contribution is 2.33. The van der Waals surface area contributed by atoms with Crippen molar-refractivity contribution in [2.75, 3.05) is 20.6 Å². The first-order valence-electron chi connectivity index (χ1n) is 6.21. The second-order valence-corrected chi connectivity index (χ2v) is 5.75. The fourth-order valence-electron chi connectivity index (χ4n) is 2.33. The third kappa shape index (κ3) is 2.98. The number of nitriles is 1. The van der Waals surface area contributed by atoms with Crippen LogP contribution in [0.1, 0.15) is 39.5 Å². The number of likely N-dealkylation sites (N-methyl/N-ethyl adjacent to an activating group) is 1. The van der Waals surface area contributed by atoms with Crippen LogP contribution in [0.15, 0.2) is 0 Å². The van der Waals surface area contributed by atoms with Crippen molar-refractivity contribution < 1.29 is 4.79 Å². The molecular formula is C13H23N3O. The van der Waals surface area contributed by atoms with Gasteiger partial charge in [0.15, 0.2) is 0 Å². The maximum Gasteiger partial charge on any atom is 0.239 e. The zero-order valence-electron chi connectivity index (χ0n) is 11.3. The quantitative estimate of drug-likeness (QED) is 0.806. The second-order valence-electron chi connectivity index (χ2n) is 5.75. The molecule has 96 valence electrons. The molecule has 0 radical (unpaired) electrons. The number of nitrogens with zero attached hydrogens (tertiary/aromatic N) is 2. The van der Waals surface area contributed by atoms with Crippen molar-refractivity contribution in [1.82, 2.24) is 10.2 Å². The Kier molecular flexibility index (Phi) is 4.16. The van der Waals surface area contributed by atoms with Crippen molar-refractivity contribution in [3.05, 3.63) is 0 Å². The molecule has 17 heavy (non-hydrogen) atoms. The molecule has 1 aliphatic rings. The number of carbonyl (C=O) groups excluding carboxylic acids is 1. The molecule has 1 fully saturated rings. The highest BCUT2D eigenvalue weighted by Gasteiger charge is 2.37. The summed E-state index contributed by atoms with van der Waals surface area (Å²) < 4.78 is 0. The van der Waals surface area contributed by atoms with E-state index >= 15 is 0 Å². The van der Waals surface area contributed by atoms with Crippen LogP contribution in [0.25, 0.3) is 0 Å². The standard InChI is InChI=1S/C13H23N3O/c1-12(2,9-14)11(17)15-10-13(16(3)4)7-5-6-8-13/h5-8,10H2,1-4H3,(H,15,17). The predicted molar refractivity (Wildman–Crippen MR) is 67.3 cm³/mol. The average Bonchev–Trinajstić information content (AvgIpc) is 2.75. The Morgan fingerprint density at radius 1 is 1.41 bits per heavy atom. The van der Waals surface area contributed by atoms with Gasteiger partial charge < -0.3 is 10.2 Å². The van der Waals surface area contributed by atoms with Crippen molar-refractivity contribution in [2.45, 2.75) is 45.1 Å². The smallest absolute Gasteiger partial charge is 0.239 e. The molecule has 1 rings (SSSR count). The summed E-state index contributed by atoms with van der Waals surface area (Å²) in [4.78, 5) is 14.1. The topological polar surface area (TPSA) is 56.1 Å².